The summed E-state index contributed by atoms with van der Waals surface area (Å²) in [5.41, 5.74) is 2.59. The number of hydrogen-bond donors (Lipinski definition) is 3. The molecule has 2 aromatic rings. The van der Waals surface area contributed by atoms with E-state index in [1.165, 1.54) is 12.1 Å². The van der Waals surface area contributed by atoms with Crippen LogP contribution in [0.1, 0.15) is 30.7 Å². The van der Waals surface area contributed by atoms with E-state index in [-0.39, 0.29) is 17.3 Å². The van der Waals surface area contributed by atoms with Crippen molar-refractivity contribution >= 4 is 21.6 Å². The van der Waals surface area contributed by atoms with Crippen LogP contribution >= 0.6 is 0 Å². The zero-order valence-electron chi connectivity index (χ0n) is 15.3. The van der Waals surface area contributed by atoms with Gasteiger partial charge in [0.1, 0.15) is 0 Å². The van der Waals surface area contributed by atoms with Gasteiger partial charge in [0.15, 0.2) is 0 Å². The maximum Gasteiger partial charge on any atom is 0.238 e. The average Bonchev–Trinajstić information content (AvgIpc) is 2.54. The topological polar surface area (TPSA) is 114 Å². The van der Waals surface area contributed by atoms with Gasteiger partial charge < -0.3 is 5.32 Å². The smallest absolute Gasteiger partial charge is 0.238 e. The number of aryl methyl sites for hydroxylation is 2. The van der Waals surface area contributed by atoms with Gasteiger partial charge in [-0.05, 0) is 57.0 Å². The van der Waals surface area contributed by atoms with E-state index < -0.39 is 15.6 Å². The molecule has 1 aromatic carbocycles. The molecule has 0 bridgehead atoms. The Kier molecular flexibility index (Phi) is 5.80. The number of hydrogen-bond acceptors (Lipinski definition) is 5. The highest BCUT2D eigenvalue weighted by molar-refractivity contribution is 7.89. The summed E-state index contributed by atoms with van der Waals surface area (Å²) in [5, 5.41) is 11.0. The Hall–Kier alpha value is -2.29. The number of aromatic nitrogens is 1. The van der Waals surface area contributed by atoms with Crippen LogP contribution in [0.4, 0.5) is 5.69 Å². The molecule has 0 radical (unpaired) electrons. The Morgan fingerprint density at radius 3 is 2.46 bits per heavy atom. The first-order chi connectivity index (χ1) is 12.0. The fourth-order valence-corrected chi connectivity index (χ4v) is 2.89. The van der Waals surface area contributed by atoms with Crippen molar-refractivity contribution in [1.29, 1.82) is 0 Å². The summed E-state index contributed by atoms with van der Waals surface area (Å²) < 4.78 is 22.9. The number of nitrogens with zero attached hydrogens (tertiary/aromatic N) is 1. The van der Waals surface area contributed by atoms with Gasteiger partial charge in [0.25, 0.3) is 0 Å². The molecule has 0 aliphatic heterocycles. The van der Waals surface area contributed by atoms with Crippen LogP contribution in [0.5, 0.6) is 0 Å². The van der Waals surface area contributed by atoms with Crippen molar-refractivity contribution < 1.29 is 13.2 Å². The molecule has 140 valence electrons. The molecule has 0 fully saturated rings. The van der Waals surface area contributed by atoms with Gasteiger partial charge in [-0.2, -0.15) is 0 Å². The minimum atomic E-state index is -3.83. The fraction of sp³-hybridized carbons (Fsp3) is 0.333. The quantitative estimate of drug-likeness (QED) is 0.711. The molecule has 26 heavy (non-hydrogen) atoms. The predicted octanol–water partition coefficient (Wildman–Crippen LogP) is 1.81. The first-order valence-electron chi connectivity index (χ1n) is 8.10. The van der Waals surface area contributed by atoms with Gasteiger partial charge in [-0.3, -0.25) is 15.1 Å². The molecule has 0 aliphatic carbocycles. The van der Waals surface area contributed by atoms with Gasteiger partial charge in [-0.25, -0.2) is 13.6 Å². The third-order valence-corrected chi connectivity index (χ3v) is 5.05. The number of nitrogens with two attached hydrogens (primary N) is 1. The summed E-state index contributed by atoms with van der Waals surface area (Å²) in [4.78, 5) is 16.5. The van der Waals surface area contributed by atoms with E-state index in [1.807, 2.05) is 32.9 Å². The monoisotopic (exact) mass is 376 g/mol. The second-order valence-electron chi connectivity index (χ2n) is 6.74. The lowest BCUT2D eigenvalue weighted by Gasteiger charge is -2.26. The molecule has 0 aliphatic rings. The number of carbonyl (C=O) groups excluding carboxylic acids is 1. The summed E-state index contributed by atoms with van der Waals surface area (Å²) >= 11 is 0. The Bertz CT molecular complexity index is 907. The first-order valence-corrected chi connectivity index (χ1v) is 9.65. The fourth-order valence-electron chi connectivity index (χ4n) is 2.35. The molecule has 0 saturated heterocycles. The Balaban J connectivity index is 2.06. The largest absolute Gasteiger partial charge is 0.325 e. The van der Waals surface area contributed by atoms with E-state index in [1.54, 1.807) is 19.2 Å². The summed E-state index contributed by atoms with van der Waals surface area (Å²) in [6.07, 6.45) is 1.78. The van der Waals surface area contributed by atoms with Gasteiger partial charge in [-0.15, -0.1) is 0 Å². The summed E-state index contributed by atoms with van der Waals surface area (Å²) in [5.74, 6) is -0.284. The minimum absolute atomic E-state index is 0.0441. The molecule has 0 atom stereocenters. The average molecular weight is 376 g/mol. The number of carbonyl (C=O) groups is 1. The number of pyridine rings is 1. The molecular weight excluding hydrogens is 352 g/mol. The molecule has 1 heterocycles. The molecule has 1 aromatic heterocycles. The minimum Gasteiger partial charge on any atom is -0.325 e. The van der Waals surface area contributed by atoms with Crippen LogP contribution in [0.3, 0.4) is 0 Å². The molecule has 4 N–H and O–H groups in total. The zero-order valence-corrected chi connectivity index (χ0v) is 16.1. The number of primary sulfonamides is 1. The van der Waals surface area contributed by atoms with E-state index >= 15 is 0 Å². The van der Waals surface area contributed by atoms with Crippen molar-refractivity contribution in [3.8, 4) is 0 Å². The highest BCUT2D eigenvalue weighted by Gasteiger charge is 2.21. The normalized spacial score (nSPS) is 12.0. The highest BCUT2D eigenvalue weighted by atomic mass is 32.2. The Labute approximate surface area is 154 Å². The molecular formula is C18H24N4O3S. The molecule has 0 unspecified atom stereocenters. The van der Waals surface area contributed by atoms with Crippen LogP contribution in [0.2, 0.25) is 0 Å². The van der Waals surface area contributed by atoms with E-state index in [4.69, 9.17) is 5.14 Å². The van der Waals surface area contributed by atoms with Gasteiger partial charge in [0, 0.05) is 23.1 Å². The lowest BCUT2D eigenvalue weighted by Crippen LogP contribution is -2.41. The van der Waals surface area contributed by atoms with E-state index in [0.29, 0.717) is 5.69 Å². The highest BCUT2D eigenvalue weighted by Crippen LogP contribution is 2.21. The first kappa shape index (κ1) is 20.0. The summed E-state index contributed by atoms with van der Waals surface area (Å²) in [7, 11) is -3.83. The second kappa shape index (κ2) is 7.53. The third-order valence-electron chi connectivity index (χ3n) is 4.14. The summed E-state index contributed by atoms with van der Waals surface area (Å²) in [6.45, 7) is 7.66. The van der Waals surface area contributed by atoms with Crippen molar-refractivity contribution in [3.05, 3.63) is 53.3 Å². The van der Waals surface area contributed by atoms with Gasteiger partial charge in [0.2, 0.25) is 15.9 Å². The van der Waals surface area contributed by atoms with E-state index in [2.05, 4.69) is 15.6 Å². The molecule has 0 saturated carbocycles. The number of nitrogens with one attached hydrogen (secondary N) is 2. The van der Waals surface area contributed by atoms with Crippen molar-refractivity contribution in [2.45, 2.75) is 38.1 Å². The van der Waals surface area contributed by atoms with Gasteiger partial charge in [-0.1, -0.05) is 12.1 Å². The predicted molar refractivity (Wildman–Crippen MR) is 101 cm³/mol. The SMILES string of the molecule is Cc1ccc(C(C)(C)NCC(=O)Nc2cc(S(N)(=O)=O)ccc2C)cn1. The van der Waals surface area contributed by atoms with Crippen LogP contribution in [-0.4, -0.2) is 25.9 Å². The lowest BCUT2D eigenvalue weighted by molar-refractivity contribution is -0.115. The van der Waals surface area contributed by atoms with Crippen LogP contribution in [0, 0.1) is 13.8 Å². The number of benzene rings is 1. The van der Waals surface area contributed by atoms with E-state index in [0.717, 1.165) is 16.8 Å². The Morgan fingerprint density at radius 2 is 1.88 bits per heavy atom. The molecule has 2 rings (SSSR count). The van der Waals surface area contributed by atoms with Crippen LogP contribution < -0.4 is 15.8 Å². The molecule has 1 amide bonds. The van der Waals surface area contributed by atoms with Crippen LogP contribution in [0.25, 0.3) is 0 Å². The van der Waals surface area contributed by atoms with Gasteiger partial charge in [0.05, 0.1) is 11.4 Å². The lowest BCUT2D eigenvalue weighted by atomic mass is 9.96. The number of rotatable bonds is 6. The van der Waals surface area contributed by atoms with E-state index in [9.17, 15) is 13.2 Å². The van der Waals surface area contributed by atoms with Crippen LogP contribution in [-0.2, 0) is 20.4 Å². The van der Waals surface area contributed by atoms with Crippen molar-refractivity contribution in [2.24, 2.45) is 5.14 Å². The number of sulfonamides is 1. The number of amides is 1. The second-order valence-corrected chi connectivity index (χ2v) is 8.30. The van der Waals surface area contributed by atoms with Crippen molar-refractivity contribution in [3.63, 3.8) is 0 Å². The molecule has 0 spiro atoms. The Morgan fingerprint density at radius 1 is 1.19 bits per heavy atom. The third kappa shape index (κ3) is 5.10. The van der Waals surface area contributed by atoms with Crippen molar-refractivity contribution in [1.82, 2.24) is 10.3 Å². The van der Waals surface area contributed by atoms with Crippen molar-refractivity contribution in [2.75, 3.05) is 11.9 Å². The van der Waals surface area contributed by atoms with Crippen LogP contribution in [0.15, 0.2) is 41.4 Å². The standard InChI is InChI=1S/C18H24N4O3S/c1-12-5-8-15(26(19,24)25)9-16(12)22-17(23)11-21-18(3,4)14-7-6-13(2)20-10-14/h5-10,21H,11H2,1-4H3,(H,22,23)(H2,19,24,25). The number of anilines is 1. The van der Waals surface area contributed by atoms with Gasteiger partial charge >= 0.3 is 0 Å². The molecule has 7 nitrogen and oxygen atoms in total. The summed E-state index contributed by atoms with van der Waals surface area (Å²) in [6, 6.07) is 8.25. The maximum absolute atomic E-state index is 12.3. The maximum atomic E-state index is 12.3. The molecule has 8 heteroatoms. The zero-order chi connectivity index (χ0) is 19.5.